The Balaban J connectivity index is 2.04. The number of hydrogen-bond donors (Lipinski definition) is 1. The fourth-order valence-corrected chi connectivity index (χ4v) is 2.76. The Morgan fingerprint density at radius 1 is 1.58 bits per heavy atom. The number of benzene rings is 1. The molecule has 1 saturated heterocycles. The van der Waals surface area contributed by atoms with Gasteiger partial charge in [-0.25, -0.2) is 4.39 Å². The van der Waals surface area contributed by atoms with E-state index < -0.39 is 5.97 Å². The molecule has 0 radical (unpaired) electrons. The van der Waals surface area contributed by atoms with Crippen molar-refractivity contribution < 1.29 is 14.3 Å². The molecule has 1 aromatic carbocycles. The van der Waals surface area contributed by atoms with E-state index in [1.165, 1.54) is 12.1 Å². The smallest absolute Gasteiger partial charge is 0.306 e. The van der Waals surface area contributed by atoms with Gasteiger partial charge < -0.3 is 5.11 Å². The van der Waals surface area contributed by atoms with Gasteiger partial charge >= 0.3 is 5.97 Å². The van der Waals surface area contributed by atoms with Crippen LogP contribution in [-0.2, 0) is 11.3 Å². The monoisotopic (exact) mass is 285 g/mol. The summed E-state index contributed by atoms with van der Waals surface area (Å²) in [5, 5.41) is 9.53. The summed E-state index contributed by atoms with van der Waals surface area (Å²) < 4.78 is 13.7. The fourth-order valence-electron chi connectivity index (χ4n) is 2.56. The van der Waals surface area contributed by atoms with Gasteiger partial charge in [-0.15, -0.1) is 0 Å². The van der Waals surface area contributed by atoms with Crippen molar-refractivity contribution in [1.82, 2.24) is 4.90 Å². The molecule has 0 aromatic heterocycles. The second-order valence-corrected chi connectivity index (χ2v) is 5.55. The summed E-state index contributed by atoms with van der Waals surface area (Å²) in [7, 11) is 0. The normalized spacial score (nSPS) is 24.4. The molecule has 3 nitrogen and oxygen atoms in total. The maximum atomic E-state index is 13.7. The third kappa shape index (κ3) is 3.45. The van der Waals surface area contributed by atoms with Crippen LogP contribution in [0.4, 0.5) is 4.39 Å². The maximum absolute atomic E-state index is 13.7. The highest BCUT2D eigenvalue weighted by atomic mass is 35.5. The quantitative estimate of drug-likeness (QED) is 0.927. The summed E-state index contributed by atoms with van der Waals surface area (Å²) >= 11 is 5.87. The molecule has 2 atom stereocenters. The number of halogens is 2. The molecule has 1 aromatic rings. The zero-order chi connectivity index (χ0) is 14.0. The number of likely N-dealkylation sites (tertiary alicyclic amines) is 1. The Morgan fingerprint density at radius 2 is 2.32 bits per heavy atom. The third-order valence-corrected chi connectivity index (χ3v) is 3.98. The Morgan fingerprint density at radius 3 is 2.95 bits per heavy atom. The van der Waals surface area contributed by atoms with Crippen molar-refractivity contribution in [3.63, 3.8) is 0 Å². The van der Waals surface area contributed by atoms with E-state index in [0.717, 1.165) is 0 Å². The van der Waals surface area contributed by atoms with E-state index in [2.05, 4.69) is 4.90 Å². The molecule has 0 aliphatic carbocycles. The van der Waals surface area contributed by atoms with Crippen LogP contribution in [0.1, 0.15) is 25.3 Å². The van der Waals surface area contributed by atoms with Crippen LogP contribution in [0.5, 0.6) is 0 Å². The van der Waals surface area contributed by atoms with Crippen LogP contribution in [0.3, 0.4) is 0 Å². The van der Waals surface area contributed by atoms with Gasteiger partial charge in [0.25, 0.3) is 0 Å². The number of carbonyl (C=O) groups is 1. The third-order valence-electron chi connectivity index (χ3n) is 3.74. The van der Waals surface area contributed by atoms with Crippen LogP contribution in [0.2, 0.25) is 5.02 Å². The molecule has 0 amide bonds. The molecule has 1 heterocycles. The van der Waals surface area contributed by atoms with Crippen molar-refractivity contribution in [3.8, 4) is 0 Å². The number of hydrogen-bond acceptors (Lipinski definition) is 2. The van der Waals surface area contributed by atoms with Gasteiger partial charge in [-0.3, -0.25) is 9.69 Å². The molecule has 19 heavy (non-hydrogen) atoms. The Labute approximate surface area is 117 Å². The molecular weight excluding hydrogens is 269 g/mol. The standard InChI is InChI=1S/C14H17ClFNO2/c1-9-6-10(14(18)19)4-5-17(9)8-11-7-12(15)2-3-13(11)16/h2-3,7,9-10H,4-6,8H2,1H3,(H,18,19). The van der Waals surface area contributed by atoms with Crippen molar-refractivity contribution in [3.05, 3.63) is 34.6 Å². The zero-order valence-corrected chi connectivity index (χ0v) is 11.5. The van der Waals surface area contributed by atoms with Gasteiger partial charge in [-0.2, -0.15) is 0 Å². The van der Waals surface area contributed by atoms with Crippen molar-refractivity contribution >= 4 is 17.6 Å². The Hall–Kier alpha value is -1.13. The number of nitrogens with zero attached hydrogens (tertiary/aromatic N) is 1. The number of rotatable bonds is 3. The average molecular weight is 286 g/mol. The fraction of sp³-hybridized carbons (Fsp3) is 0.500. The van der Waals surface area contributed by atoms with Crippen LogP contribution in [-0.4, -0.2) is 28.6 Å². The summed E-state index contributed by atoms with van der Waals surface area (Å²) in [4.78, 5) is 13.1. The summed E-state index contributed by atoms with van der Waals surface area (Å²) in [5.74, 6) is -1.28. The second kappa shape index (κ2) is 5.88. The minimum absolute atomic E-state index is 0.133. The molecular formula is C14H17ClFNO2. The van der Waals surface area contributed by atoms with E-state index in [4.69, 9.17) is 16.7 Å². The lowest BCUT2D eigenvalue weighted by Gasteiger charge is -2.36. The van der Waals surface area contributed by atoms with E-state index in [-0.39, 0.29) is 17.8 Å². The lowest BCUT2D eigenvalue weighted by molar-refractivity contribution is -0.144. The molecule has 104 valence electrons. The topological polar surface area (TPSA) is 40.5 Å². The lowest BCUT2D eigenvalue weighted by atomic mass is 9.91. The molecule has 1 fully saturated rings. The summed E-state index contributed by atoms with van der Waals surface area (Å²) in [6.07, 6.45) is 1.22. The number of carboxylic acids is 1. The molecule has 2 unspecified atom stereocenters. The largest absolute Gasteiger partial charge is 0.481 e. The van der Waals surface area contributed by atoms with Crippen LogP contribution >= 0.6 is 11.6 Å². The first kappa shape index (κ1) is 14.3. The van der Waals surface area contributed by atoms with Crippen molar-refractivity contribution in [2.75, 3.05) is 6.54 Å². The van der Waals surface area contributed by atoms with Gasteiger partial charge in [0.2, 0.25) is 0 Å². The zero-order valence-electron chi connectivity index (χ0n) is 10.8. The molecule has 0 saturated carbocycles. The van der Waals surface area contributed by atoms with Gasteiger partial charge in [0, 0.05) is 23.2 Å². The lowest BCUT2D eigenvalue weighted by Crippen LogP contribution is -2.42. The first-order chi connectivity index (χ1) is 8.97. The average Bonchev–Trinajstić information content (AvgIpc) is 2.36. The minimum atomic E-state index is -0.736. The van der Waals surface area contributed by atoms with E-state index in [0.29, 0.717) is 36.5 Å². The molecule has 2 rings (SSSR count). The summed E-state index contributed by atoms with van der Waals surface area (Å²) in [5.41, 5.74) is 0.563. The molecule has 1 aliphatic rings. The van der Waals surface area contributed by atoms with Crippen LogP contribution in [0.15, 0.2) is 18.2 Å². The predicted octanol–water partition coefficient (Wildman–Crippen LogP) is 3.16. The molecule has 5 heteroatoms. The maximum Gasteiger partial charge on any atom is 0.306 e. The molecule has 1 N–H and O–H groups in total. The highest BCUT2D eigenvalue weighted by molar-refractivity contribution is 6.30. The van der Waals surface area contributed by atoms with Crippen molar-refractivity contribution in [2.24, 2.45) is 5.92 Å². The Bertz CT molecular complexity index is 481. The summed E-state index contributed by atoms with van der Waals surface area (Å²) in [6.45, 7) is 3.13. The van der Waals surface area contributed by atoms with Gasteiger partial charge in [0.05, 0.1) is 5.92 Å². The van der Waals surface area contributed by atoms with Gasteiger partial charge in [-0.05, 0) is 44.5 Å². The number of piperidine rings is 1. The molecule has 1 aliphatic heterocycles. The van der Waals surface area contributed by atoms with Gasteiger partial charge in [-0.1, -0.05) is 11.6 Å². The highest BCUT2D eigenvalue weighted by Gasteiger charge is 2.29. The Kier molecular flexibility index (Phi) is 4.42. The second-order valence-electron chi connectivity index (χ2n) is 5.11. The SMILES string of the molecule is CC1CC(C(=O)O)CCN1Cc1cc(Cl)ccc1F. The number of aliphatic carboxylic acids is 1. The van der Waals surface area contributed by atoms with Crippen LogP contribution in [0, 0.1) is 11.7 Å². The molecule has 0 bridgehead atoms. The predicted molar refractivity (Wildman–Crippen MR) is 71.6 cm³/mol. The van der Waals surface area contributed by atoms with Gasteiger partial charge in [0.15, 0.2) is 0 Å². The van der Waals surface area contributed by atoms with Crippen molar-refractivity contribution in [1.29, 1.82) is 0 Å². The van der Waals surface area contributed by atoms with E-state index in [1.54, 1.807) is 6.07 Å². The molecule has 0 spiro atoms. The first-order valence-electron chi connectivity index (χ1n) is 6.38. The van der Waals surface area contributed by atoms with E-state index in [1.807, 2.05) is 6.92 Å². The minimum Gasteiger partial charge on any atom is -0.481 e. The summed E-state index contributed by atoms with van der Waals surface area (Å²) in [6, 6.07) is 4.66. The van der Waals surface area contributed by atoms with Crippen molar-refractivity contribution in [2.45, 2.75) is 32.4 Å². The van der Waals surface area contributed by atoms with E-state index >= 15 is 0 Å². The highest BCUT2D eigenvalue weighted by Crippen LogP contribution is 2.26. The number of carboxylic acid groups (broad SMARTS) is 1. The van der Waals surface area contributed by atoms with Gasteiger partial charge in [0.1, 0.15) is 5.82 Å². The van der Waals surface area contributed by atoms with Crippen LogP contribution < -0.4 is 0 Å². The van der Waals surface area contributed by atoms with Crippen LogP contribution in [0.25, 0.3) is 0 Å². The van der Waals surface area contributed by atoms with E-state index in [9.17, 15) is 9.18 Å². The first-order valence-corrected chi connectivity index (χ1v) is 6.76.